The van der Waals surface area contributed by atoms with Gasteiger partial charge < -0.3 is 4.79 Å². The van der Waals surface area contributed by atoms with E-state index >= 15 is 0 Å². The zero-order valence-electron chi connectivity index (χ0n) is 9.83. The molecule has 98 valence electrons. The second-order valence-electron chi connectivity index (χ2n) is 4.61. The van der Waals surface area contributed by atoms with Crippen molar-refractivity contribution in [3.63, 3.8) is 0 Å². The highest BCUT2D eigenvalue weighted by Gasteiger charge is 2.20. The Labute approximate surface area is 103 Å². The molecule has 18 heavy (non-hydrogen) atoms. The highest BCUT2D eigenvalue weighted by molar-refractivity contribution is 5.53. The first kappa shape index (κ1) is 13.1. The largest absolute Gasteiger partial charge is 0.303 e. The van der Waals surface area contributed by atoms with Gasteiger partial charge in [0.1, 0.15) is 12.1 Å². The van der Waals surface area contributed by atoms with Gasteiger partial charge in [-0.05, 0) is 32.0 Å². The number of hydrogen-bond donors (Lipinski definition) is 0. The summed E-state index contributed by atoms with van der Waals surface area (Å²) < 4.78 is 39.2. The van der Waals surface area contributed by atoms with Gasteiger partial charge in [0.15, 0.2) is 11.6 Å². The lowest BCUT2D eigenvalue weighted by molar-refractivity contribution is -0.112. The number of benzene rings is 1. The fraction of sp³-hybridized carbons (Fsp3) is 0.462. The van der Waals surface area contributed by atoms with Crippen LogP contribution in [-0.4, -0.2) is 24.3 Å². The summed E-state index contributed by atoms with van der Waals surface area (Å²) in [7, 11) is 0. The first-order valence-corrected chi connectivity index (χ1v) is 5.91. The van der Waals surface area contributed by atoms with Crippen LogP contribution >= 0.6 is 0 Å². The molecule has 1 saturated heterocycles. The fourth-order valence-electron chi connectivity index (χ4n) is 2.17. The Hall–Kier alpha value is -1.36. The molecule has 0 spiro atoms. The summed E-state index contributed by atoms with van der Waals surface area (Å²) in [5.41, 5.74) is 0.151. The minimum atomic E-state index is -1.17. The van der Waals surface area contributed by atoms with E-state index in [9.17, 15) is 18.0 Å². The zero-order chi connectivity index (χ0) is 13.1. The second-order valence-corrected chi connectivity index (χ2v) is 4.61. The maximum Gasteiger partial charge on any atom is 0.161 e. The molecule has 0 aliphatic carbocycles. The molecule has 0 radical (unpaired) electrons. The van der Waals surface area contributed by atoms with Gasteiger partial charge in [-0.25, -0.2) is 13.2 Å². The molecule has 0 amide bonds. The number of halogens is 3. The molecule has 0 saturated carbocycles. The number of aldehydes is 1. The van der Waals surface area contributed by atoms with Crippen LogP contribution in [0.1, 0.15) is 18.4 Å². The zero-order valence-corrected chi connectivity index (χ0v) is 9.83. The Morgan fingerprint density at radius 3 is 2.33 bits per heavy atom. The molecule has 0 unspecified atom stereocenters. The summed E-state index contributed by atoms with van der Waals surface area (Å²) in [5, 5.41) is 0. The molecule has 2 nitrogen and oxygen atoms in total. The van der Waals surface area contributed by atoms with Crippen molar-refractivity contribution in [2.75, 3.05) is 13.1 Å². The van der Waals surface area contributed by atoms with E-state index < -0.39 is 17.5 Å². The van der Waals surface area contributed by atoms with Crippen molar-refractivity contribution < 1.29 is 18.0 Å². The van der Waals surface area contributed by atoms with E-state index in [4.69, 9.17) is 0 Å². The van der Waals surface area contributed by atoms with Crippen LogP contribution in [0.3, 0.4) is 0 Å². The van der Waals surface area contributed by atoms with E-state index in [0.717, 1.165) is 25.2 Å². The molecular weight excluding hydrogens is 243 g/mol. The van der Waals surface area contributed by atoms with Crippen molar-refractivity contribution in [1.29, 1.82) is 0 Å². The maximum absolute atomic E-state index is 13.4. The lowest BCUT2D eigenvalue weighted by atomic mass is 9.98. The molecule has 1 aliphatic rings. The molecule has 0 aromatic heterocycles. The number of carbonyl (C=O) groups is 1. The monoisotopic (exact) mass is 257 g/mol. The van der Waals surface area contributed by atoms with Crippen molar-refractivity contribution in [3.8, 4) is 0 Å². The number of nitrogens with zero attached hydrogens (tertiary/aromatic N) is 1. The topological polar surface area (TPSA) is 20.3 Å². The molecule has 0 bridgehead atoms. The van der Waals surface area contributed by atoms with E-state index in [-0.39, 0.29) is 18.0 Å². The van der Waals surface area contributed by atoms with Gasteiger partial charge >= 0.3 is 0 Å². The van der Waals surface area contributed by atoms with E-state index in [1.165, 1.54) is 0 Å². The van der Waals surface area contributed by atoms with Crippen LogP contribution in [0.15, 0.2) is 12.1 Å². The van der Waals surface area contributed by atoms with Crippen LogP contribution in [0.4, 0.5) is 13.2 Å². The van der Waals surface area contributed by atoms with Crippen molar-refractivity contribution in [2.45, 2.75) is 19.4 Å². The Morgan fingerprint density at radius 2 is 1.72 bits per heavy atom. The molecule has 1 fully saturated rings. The van der Waals surface area contributed by atoms with Gasteiger partial charge in [0.2, 0.25) is 0 Å². The molecule has 2 rings (SSSR count). The Bertz CT molecular complexity index is 442. The molecule has 1 aromatic carbocycles. The van der Waals surface area contributed by atoms with Gasteiger partial charge in [0, 0.05) is 24.1 Å². The lowest BCUT2D eigenvalue weighted by Crippen LogP contribution is -2.33. The summed E-state index contributed by atoms with van der Waals surface area (Å²) in [4.78, 5) is 12.5. The van der Waals surface area contributed by atoms with Crippen molar-refractivity contribution in [1.82, 2.24) is 4.90 Å². The average molecular weight is 257 g/mol. The number of hydrogen-bond acceptors (Lipinski definition) is 2. The molecule has 0 atom stereocenters. The molecule has 1 aromatic rings. The van der Waals surface area contributed by atoms with Gasteiger partial charge in [-0.15, -0.1) is 0 Å². The number of rotatable bonds is 3. The van der Waals surface area contributed by atoms with Crippen LogP contribution in [0, 0.1) is 23.4 Å². The van der Waals surface area contributed by atoms with Crippen LogP contribution in [0.25, 0.3) is 0 Å². The number of likely N-dealkylation sites (tertiary alicyclic amines) is 1. The summed E-state index contributed by atoms with van der Waals surface area (Å²) >= 11 is 0. The van der Waals surface area contributed by atoms with Gasteiger partial charge in [-0.3, -0.25) is 4.90 Å². The van der Waals surface area contributed by atoms with Crippen LogP contribution in [0.5, 0.6) is 0 Å². The minimum Gasteiger partial charge on any atom is -0.303 e. The molecule has 0 N–H and O–H groups in total. The average Bonchev–Trinajstić information content (AvgIpc) is 2.37. The van der Waals surface area contributed by atoms with Crippen molar-refractivity contribution >= 4 is 6.29 Å². The first-order valence-electron chi connectivity index (χ1n) is 5.91. The smallest absolute Gasteiger partial charge is 0.161 e. The van der Waals surface area contributed by atoms with E-state index in [0.29, 0.717) is 19.2 Å². The highest BCUT2D eigenvalue weighted by atomic mass is 19.2. The Balaban J connectivity index is 2.02. The van der Waals surface area contributed by atoms with Crippen LogP contribution in [-0.2, 0) is 11.3 Å². The fourth-order valence-corrected chi connectivity index (χ4v) is 2.17. The summed E-state index contributed by atoms with van der Waals surface area (Å²) in [6.45, 7) is 1.58. The number of piperidine rings is 1. The summed E-state index contributed by atoms with van der Waals surface area (Å²) in [6, 6.07) is 1.47. The SMILES string of the molecule is O=CC1CCN(Cc2cc(F)c(F)cc2F)CC1. The molecular formula is C13H14F3NO. The standard InChI is InChI=1S/C13H14F3NO/c14-11-6-13(16)12(15)5-10(11)7-17-3-1-9(8-18)2-4-17/h5-6,8-9H,1-4,7H2. The van der Waals surface area contributed by atoms with Crippen molar-refractivity contribution in [3.05, 3.63) is 35.1 Å². The lowest BCUT2D eigenvalue weighted by Gasteiger charge is -2.29. The van der Waals surface area contributed by atoms with Crippen LogP contribution < -0.4 is 0 Å². The predicted molar refractivity (Wildman–Crippen MR) is 60.4 cm³/mol. The third kappa shape index (κ3) is 2.90. The van der Waals surface area contributed by atoms with E-state index in [1.54, 1.807) is 0 Å². The molecule has 1 heterocycles. The normalized spacial score (nSPS) is 17.9. The summed E-state index contributed by atoms with van der Waals surface area (Å²) in [5.74, 6) is -2.87. The second kappa shape index (κ2) is 5.52. The third-order valence-electron chi connectivity index (χ3n) is 3.31. The minimum absolute atomic E-state index is 0.0658. The van der Waals surface area contributed by atoms with E-state index in [2.05, 4.69) is 0 Å². The van der Waals surface area contributed by atoms with E-state index in [1.807, 2.05) is 4.90 Å². The third-order valence-corrected chi connectivity index (χ3v) is 3.31. The maximum atomic E-state index is 13.4. The molecule has 5 heteroatoms. The van der Waals surface area contributed by atoms with Crippen molar-refractivity contribution in [2.24, 2.45) is 5.92 Å². The first-order chi connectivity index (χ1) is 8.60. The Morgan fingerprint density at radius 1 is 1.11 bits per heavy atom. The van der Waals surface area contributed by atoms with Gasteiger partial charge in [0.25, 0.3) is 0 Å². The highest BCUT2D eigenvalue weighted by Crippen LogP contribution is 2.20. The number of carbonyl (C=O) groups excluding carboxylic acids is 1. The quantitative estimate of drug-likeness (QED) is 0.612. The van der Waals surface area contributed by atoms with Crippen LogP contribution in [0.2, 0.25) is 0 Å². The predicted octanol–water partition coefficient (Wildman–Crippen LogP) is 2.51. The van der Waals surface area contributed by atoms with Gasteiger partial charge in [-0.1, -0.05) is 0 Å². The van der Waals surface area contributed by atoms with Gasteiger partial charge in [0.05, 0.1) is 0 Å². The molecule has 1 aliphatic heterocycles. The summed E-state index contributed by atoms with van der Waals surface area (Å²) in [6.07, 6.45) is 2.40. The Kier molecular flexibility index (Phi) is 4.01. The van der Waals surface area contributed by atoms with Gasteiger partial charge in [-0.2, -0.15) is 0 Å².